The van der Waals surface area contributed by atoms with Gasteiger partial charge in [-0.1, -0.05) is 46.4 Å². The number of nitrogens with zero attached hydrogens (tertiary/aromatic N) is 1. The fourth-order valence-electron chi connectivity index (χ4n) is 3.87. The predicted molar refractivity (Wildman–Crippen MR) is 146 cm³/mol. The molecule has 0 amide bonds. The van der Waals surface area contributed by atoms with Gasteiger partial charge >= 0.3 is 11.9 Å². The Bertz CT molecular complexity index is 1560. The molecule has 0 aliphatic heterocycles. The number of carbonyl (C=O) groups excluding carboxylic acids is 3. The van der Waals surface area contributed by atoms with Crippen LogP contribution in [0.2, 0.25) is 20.1 Å². The zero-order valence-corrected chi connectivity index (χ0v) is 23.0. The molecule has 0 radical (unpaired) electrons. The maximum absolute atomic E-state index is 13.4. The summed E-state index contributed by atoms with van der Waals surface area (Å²) in [6, 6.07) is 14.3. The highest BCUT2D eigenvalue weighted by atomic mass is 35.5. The topological polar surface area (TPSA) is 83.8 Å². The molecule has 0 fully saturated rings. The van der Waals surface area contributed by atoms with Crippen molar-refractivity contribution in [1.29, 1.82) is 0 Å². The van der Waals surface area contributed by atoms with E-state index in [9.17, 15) is 14.4 Å². The molecular weight excluding hydrogens is 576 g/mol. The summed E-state index contributed by atoms with van der Waals surface area (Å²) in [7, 11) is 1.52. The van der Waals surface area contributed by atoms with Crippen molar-refractivity contribution in [2.75, 3.05) is 13.7 Å². The van der Waals surface area contributed by atoms with Crippen molar-refractivity contribution in [3.8, 4) is 11.5 Å². The van der Waals surface area contributed by atoms with Gasteiger partial charge in [0.15, 0.2) is 12.4 Å². The Morgan fingerprint density at radius 1 is 0.842 bits per heavy atom. The maximum atomic E-state index is 13.4. The van der Waals surface area contributed by atoms with Crippen molar-refractivity contribution in [1.82, 2.24) is 4.57 Å². The number of methoxy groups -OCH3 is 1. The lowest BCUT2D eigenvalue weighted by Crippen LogP contribution is -2.20. The normalized spacial score (nSPS) is 10.9. The number of fused-ring (bicyclic) bond motifs is 1. The highest BCUT2D eigenvalue weighted by molar-refractivity contribution is 6.43. The van der Waals surface area contributed by atoms with E-state index in [1.54, 1.807) is 49.4 Å². The van der Waals surface area contributed by atoms with E-state index in [0.29, 0.717) is 38.5 Å². The lowest BCUT2D eigenvalue weighted by Gasteiger charge is -2.09. The monoisotopic (exact) mass is 593 g/mol. The Labute approximate surface area is 237 Å². The van der Waals surface area contributed by atoms with Crippen LogP contribution in [0.3, 0.4) is 0 Å². The number of benzene rings is 3. The van der Waals surface area contributed by atoms with Crippen LogP contribution in [0.15, 0.2) is 54.6 Å². The Hall–Kier alpha value is -3.23. The minimum absolute atomic E-state index is 0.0196. The number of carbonyl (C=O) groups is 3. The van der Waals surface area contributed by atoms with Crippen LogP contribution in [0.4, 0.5) is 0 Å². The summed E-state index contributed by atoms with van der Waals surface area (Å²) < 4.78 is 17.1. The zero-order valence-electron chi connectivity index (χ0n) is 20.0. The average molecular weight is 595 g/mol. The van der Waals surface area contributed by atoms with Crippen molar-refractivity contribution in [2.45, 2.75) is 13.3 Å². The Balaban J connectivity index is 1.55. The fraction of sp³-hybridized carbons (Fsp3) is 0.148. The number of esters is 2. The molecule has 0 spiro atoms. The summed E-state index contributed by atoms with van der Waals surface area (Å²) in [4.78, 5) is 38.4. The third-order valence-electron chi connectivity index (χ3n) is 5.71. The molecule has 3 aromatic carbocycles. The summed E-state index contributed by atoms with van der Waals surface area (Å²) >= 11 is 23.8. The summed E-state index contributed by atoms with van der Waals surface area (Å²) in [6.45, 7) is 1.06. The third kappa shape index (κ3) is 5.92. The van der Waals surface area contributed by atoms with Crippen molar-refractivity contribution in [2.24, 2.45) is 0 Å². The number of aromatic nitrogens is 1. The van der Waals surface area contributed by atoms with Gasteiger partial charge in [0.1, 0.15) is 5.75 Å². The van der Waals surface area contributed by atoms with E-state index in [-0.39, 0.29) is 33.1 Å². The molecule has 0 atom stereocenters. The first-order chi connectivity index (χ1) is 18.1. The van der Waals surface area contributed by atoms with E-state index in [0.717, 1.165) is 0 Å². The van der Waals surface area contributed by atoms with E-state index in [1.807, 2.05) is 0 Å². The quantitative estimate of drug-likeness (QED) is 0.131. The van der Waals surface area contributed by atoms with Crippen LogP contribution in [-0.4, -0.2) is 36.1 Å². The van der Waals surface area contributed by atoms with Gasteiger partial charge < -0.3 is 14.2 Å². The van der Waals surface area contributed by atoms with Gasteiger partial charge in [0.25, 0.3) is 5.91 Å². The minimum Gasteiger partial charge on any atom is -0.497 e. The summed E-state index contributed by atoms with van der Waals surface area (Å²) in [6.07, 6.45) is -0.211. The first-order valence-corrected chi connectivity index (χ1v) is 12.6. The van der Waals surface area contributed by atoms with Crippen LogP contribution < -0.4 is 9.47 Å². The number of halogens is 4. The summed E-state index contributed by atoms with van der Waals surface area (Å²) in [5.74, 6) is -1.33. The van der Waals surface area contributed by atoms with E-state index in [4.69, 9.17) is 60.6 Å². The van der Waals surface area contributed by atoms with Gasteiger partial charge in [-0.3, -0.25) is 14.2 Å². The molecule has 0 bridgehead atoms. The van der Waals surface area contributed by atoms with Crippen LogP contribution in [-0.2, 0) is 20.7 Å². The lowest BCUT2D eigenvalue weighted by atomic mass is 10.1. The van der Waals surface area contributed by atoms with E-state index in [1.165, 1.54) is 23.8 Å². The van der Waals surface area contributed by atoms with Gasteiger partial charge in [-0.2, -0.15) is 0 Å². The van der Waals surface area contributed by atoms with Crippen LogP contribution >= 0.6 is 46.4 Å². The van der Waals surface area contributed by atoms with Gasteiger partial charge in [0, 0.05) is 27.7 Å². The minimum atomic E-state index is -0.864. The van der Waals surface area contributed by atoms with Gasteiger partial charge in [-0.05, 0) is 61.0 Å². The number of hydrogen-bond donors (Lipinski definition) is 0. The van der Waals surface area contributed by atoms with Crippen LogP contribution in [0.1, 0.15) is 21.6 Å². The van der Waals surface area contributed by atoms with E-state index < -0.39 is 18.5 Å². The molecule has 7 nitrogen and oxygen atoms in total. The molecule has 38 heavy (non-hydrogen) atoms. The molecule has 0 unspecified atom stereocenters. The lowest BCUT2D eigenvalue weighted by molar-refractivity contribution is -0.153. The molecule has 0 aliphatic carbocycles. The van der Waals surface area contributed by atoms with Crippen LogP contribution in [0, 0.1) is 6.92 Å². The molecule has 4 aromatic rings. The fourth-order valence-corrected chi connectivity index (χ4v) is 4.57. The molecule has 0 aliphatic rings. The van der Waals surface area contributed by atoms with Gasteiger partial charge in [0.05, 0.1) is 34.1 Å². The van der Waals surface area contributed by atoms with E-state index >= 15 is 0 Å². The van der Waals surface area contributed by atoms with Crippen LogP contribution in [0.25, 0.3) is 10.9 Å². The average Bonchev–Trinajstić information content (AvgIpc) is 3.16. The first-order valence-electron chi connectivity index (χ1n) is 11.1. The molecule has 0 saturated heterocycles. The number of ether oxygens (including phenoxy) is 3. The summed E-state index contributed by atoms with van der Waals surface area (Å²) in [5.41, 5.74) is 2.09. The second-order valence-electron chi connectivity index (χ2n) is 8.10. The zero-order chi connectivity index (χ0) is 27.6. The predicted octanol–water partition coefficient (Wildman–Crippen LogP) is 6.95. The Kier molecular flexibility index (Phi) is 8.53. The molecule has 11 heteroatoms. The van der Waals surface area contributed by atoms with Crippen molar-refractivity contribution >= 4 is 75.2 Å². The van der Waals surface area contributed by atoms with Gasteiger partial charge in [-0.25, -0.2) is 4.79 Å². The number of hydrogen-bond acceptors (Lipinski definition) is 6. The standard InChI is InChI=1S/C27H19Cl4NO6/c1-14-18(10-25(33)37-13-26(34)38-24-12-21(30)20(29)11-22(24)31)19-9-17(36-2)7-8-23(19)32(14)27(35)15-3-5-16(28)6-4-15/h3-9,11-12H,10,13H2,1-2H3. The van der Waals surface area contributed by atoms with Crippen molar-refractivity contribution < 1.29 is 28.6 Å². The smallest absolute Gasteiger partial charge is 0.349 e. The molecule has 196 valence electrons. The first kappa shape index (κ1) is 27.8. The van der Waals surface area contributed by atoms with Gasteiger partial charge in [-0.15, -0.1) is 0 Å². The molecular formula is C27H19Cl4NO6. The molecule has 0 saturated carbocycles. The second-order valence-corrected chi connectivity index (χ2v) is 9.76. The van der Waals surface area contributed by atoms with Crippen molar-refractivity contribution in [3.05, 3.63) is 91.5 Å². The van der Waals surface area contributed by atoms with Crippen molar-refractivity contribution in [3.63, 3.8) is 0 Å². The second kappa shape index (κ2) is 11.7. The SMILES string of the molecule is COc1ccc2c(c1)c(CC(=O)OCC(=O)Oc1cc(Cl)c(Cl)cc1Cl)c(C)n2C(=O)c1ccc(Cl)cc1. The third-order valence-corrected chi connectivity index (χ3v) is 6.98. The molecule has 1 heterocycles. The Morgan fingerprint density at radius 2 is 1.53 bits per heavy atom. The van der Waals surface area contributed by atoms with E-state index in [2.05, 4.69) is 0 Å². The highest BCUT2D eigenvalue weighted by Gasteiger charge is 2.23. The largest absolute Gasteiger partial charge is 0.497 e. The van der Waals surface area contributed by atoms with Gasteiger partial charge in [0.2, 0.25) is 0 Å². The maximum Gasteiger partial charge on any atom is 0.349 e. The summed E-state index contributed by atoms with van der Waals surface area (Å²) in [5, 5.41) is 1.55. The Morgan fingerprint density at radius 3 is 2.21 bits per heavy atom. The van der Waals surface area contributed by atoms with Crippen LogP contribution in [0.5, 0.6) is 11.5 Å². The highest BCUT2D eigenvalue weighted by Crippen LogP contribution is 2.34. The molecule has 4 rings (SSSR count). The number of rotatable bonds is 7. The molecule has 1 aromatic heterocycles. The molecule has 0 N–H and O–H groups in total.